The van der Waals surface area contributed by atoms with Crippen LogP contribution < -0.4 is 0 Å². The van der Waals surface area contributed by atoms with Crippen molar-refractivity contribution in [3.63, 3.8) is 0 Å². The fraction of sp³-hybridized carbons (Fsp3) is 0.300. The molecule has 0 saturated heterocycles. The van der Waals surface area contributed by atoms with E-state index >= 15 is 0 Å². The van der Waals surface area contributed by atoms with Crippen molar-refractivity contribution in [3.05, 3.63) is 29.6 Å². The van der Waals surface area contributed by atoms with E-state index in [1.807, 2.05) is 0 Å². The van der Waals surface area contributed by atoms with Gasteiger partial charge in [-0.25, -0.2) is 0 Å². The molecule has 2 amide bonds. The quantitative estimate of drug-likeness (QED) is 0.642. The lowest BCUT2D eigenvalue weighted by molar-refractivity contribution is 0.0417. The van der Waals surface area contributed by atoms with Gasteiger partial charge in [-0.1, -0.05) is 0 Å². The molecule has 0 aromatic carbocycles. The molecule has 6 nitrogen and oxygen atoms in total. The number of aromatic nitrogens is 1. The van der Waals surface area contributed by atoms with Crippen LogP contribution in [-0.2, 0) is 0 Å². The van der Waals surface area contributed by atoms with Crippen LogP contribution in [0.2, 0.25) is 0 Å². The van der Waals surface area contributed by atoms with Crippen molar-refractivity contribution in [2.75, 3.05) is 13.2 Å². The Bertz CT molecular complexity index is 407. The molecule has 2 rings (SSSR count). The largest absolute Gasteiger partial charge is 0.394 e. The molecule has 16 heavy (non-hydrogen) atoms. The van der Waals surface area contributed by atoms with Gasteiger partial charge in [0.15, 0.2) is 0 Å². The molecule has 1 aliphatic heterocycles. The van der Waals surface area contributed by atoms with Crippen molar-refractivity contribution in [2.45, 2.75) is 6.04 Å². The van der Waals surface area contributed by atoms with Crippen molar-refractivity contribution in [1.29, 1.82) is 0 Å². The Morgan fingerprint density at radius 1 is 1.25 bits per heavy atom. The fourth-order valence-corrected chi connectivity index (χ4v) is 1.64. The molecule has 1 aromatic heterocycles. The molecule has 84 valence electrons. The number of carbonyl (C=O) groups excluding carboxylic acids is 2. The molecule has 6 heteroatoms. The minimum Gasteiger partial charge on any atom is -0.394 e. The summed E-state index contributed by atoms with van der Waals surface area (Å²) in [5, 5.41) is 17.9. The topological polar surface area (TPSA) is 90.7 Å². The van der Waals surface area contributed by atoms with Gasteiger partial charge in [0.2, 0.25) is 0 Å². The lowest BCUT2D eigenvalue weighted by Crippen LogP contribution is -2.44. The van der Waals surface area contributed by atoms with Crippen LogP contribution in [0.1, 0.15) is 20.8 Å². The van der Waals surface area contributed by atoms with Crippen molar-refractivity contribution >= 4 is 11.8 Å². The highest BCUT2D eigenvalue weighted by atomic mass is 16.3. The summed E-state index contributed by atoms with van der Waals surface area (Å²) in [6.07, 6.45) is 1.42. The Morgan fingerprint density at radius 3 is 2.50 bits per heavy atom. The number of aliphatic hydroxyl groups is 2. The standard InChI is InChI=1S/C10H10N2O4/c13-4-6(5-14)12-9(15)7-2-1-3-11-8(7)10(12)16/h1-3,6,13-14H,4-5H2. The van der Waals surface area contributed by atoms with E-state index in [1.54, 1.807) is 6.07 Å². The van der Waals surface area contributed by atoms with Crippen LogP contribution in [-0.4, -0.2) is 51.2 Å². The van der Waals surface area contributed by atoms with Crippen molar-refractivity contribution in [3.8, 4) is 0 Å². The Hall–Kier alpha value is -1.79. The maximum Gasteiger partial charge on any atom is 0.280 e. The molecular weight excluding hydrogens is 212 g/mol. The lowest BCUT2D eigenvalue weighted by atomic mass is 10.2. The Kier molecular flexibility index (Phi) is 2.67. The lowest BCUT2D eigenvalue weighted by Gasteiger charge is -2.21. The van der Waals surface area contributed by atoms with Gasteiger partial charge in [0.05, 0.1) is 24.8 Å². The average Bonchev–Trinajstić information content (AvgIpc) is 2.57. The van der Waals surface area contributed by atoms with E-state index in [1.165, 1.54) is 12.3 Å². The Morgan fingerprint density at radius 2 is 1.94 bits per heavy atom. The van der Waals surface area contributed by atoms with E-state index in [0.29, 0.717) is 0 Å². The number of pyridine rings is 1. The number of amides is 2. The molecule has 0 radical (unpaired) electrons. The second-order valence-corrected chi connectivity index (χ2v) is 3.40. The summed E-state index contributed by atoms with van der Waals surface area (Å²) in [5.74, 6) is -1.10. The van der Waals surface area contributed by atoms with Gasteiger partial charge in [-0.2, -0.15) is 0 Å². The van der Waals surface area contributed by atoms with Crippen molar-refractivity contribution < 1.29 is 19.8 Å². The number of fused-ring (bicyclic) bond motifs is 1. The minimum atomic E-state index is -0.908. The van der Waals surface area contributed by atoms with E-state index in [2.05, 4.69) is 4.98 Å². The highest BCUT2D eigenvalue weighted by Gasteiger charge is 2.40. The molecule has 0 atom stereocenters. The monoisotopic (exact) mass is 222 g/mol. The van der Waals surface area contributed by atoms with Crippen molar-refractivity contribution in [1.82, 2.24) is 9.88 Å². The Labute approximate surface area is 91.1 Å². The number of imide groups is 1. The second-order valence-electron chi connectivity index (χ2n) is 3.40. The van der Waals surface area contributed by atoms with Gasteiger partial charge in [-0.05, 0) is 12.1 Å². The van der Waals surface area contributed by atoms with Gasteiger partial charge in [-0.3, -0.25) is 19.5 Å². The van der Waals surface area contributed by atoms with E-state index in [-0.39, 0.29) is 11.3 Å². The fourth-order valence-electron chi connectivity index (χ4n) is 1.64. The van der Waals surface area contributed by atoms with Crippen LogP contribution in [0.15, 0.2) is 18.3 Å². The van der Waals surface area contributed by atoms with E-state index in [4.69, 9.17) is 10.2 Å². The molecule has 0 bridgehead atoms. The highest BCUT2D eigenvalue weighted by molar-refractivity contribution is 6.20. The summed E-state index contributed by atoms with van der Waals surface area (Å²) >= 11 is 0. The second kappa shape index (κ2) is 3.99. The van der Waals surface area contributed by atoms with Gasteiger partial charge in [0.25, 0.3) is 11.8 Å². The first-order valence-corrected chi connectivity index (χ1v) is 4.75. The van der Waals surface area contributed by atoms with Crippen LogP contribution in [0.5, 0.6) is 0 Å². The molecule has 0 aliphatic carbocycles. The summed E-state index contributed by atoms with van der Waals surface area (Å²) in [6.45, 7) is -0.941. The first-order chi connectivity index (χ1) is 7.70. The van der Waals surface area contributed by atoms with Crippen molar-refractivity contribution in [2.24, 2.45) is 0 Å². The third-order valence-corrected chi connectivity index (χ3v) is 2.46. The van der Waals surface area contributed by atoms with E-state index in [0.717, 1.165) is 4.90 Å². The minimum absolute atomic E-state index is 0.0689. The maximum atomic E-state index is 11.8. The summed E-state index contributed by atoms with van der Waals surface area (Å²) < 4.78 is 0. The van der Waals surface area contributed by atoms with E-state index < -0.39 is 31.1 Å². The maximum absolute atomic E-state index is 11.8. The van der Waals surface area contributed by atoms with Crippen LogP contribution >= 0.6 is 0 Å². The first-order valence-electron chi connectivity index (χ1n) is 4.75. The molecule has 0 unspecified atom stereocenters. The zero-order valence-corrected chi connectivity index (χ0v) is 8.33. The highest BCUT2D eigenvalue weighted by Crippen LogP contribution is 2.22. The summed E-state index contributed by atoms with van der Waals surface area (Å²) in [7, 11) is 0. The van der Waals surface area contributed by atoms with Crippen LogP contribution in [0.25, 0.3) is 0 Å². The third kappa shape index (κ3) is 1.39. The van der Waals surface area contributed by atoms with Gasteiger partial charge in [0.1, 0.15) is 5.69 Å². The molecule has 0 spiro atoms. The Balaban J connectivity index is 2.42. The summed E-state index contributed by atoms with van der Waals surface area (Å²) in [5.41, 5.74) is 0.277. The van der Waals surface area contributed by atoms with Gasteiger partial charge in [-0.15, -0.1) is 0 Å². The van der Waals surface area contributed by atoms with Crippen LogP contribution in [0, 0.1) is 0 Å². The first kappa shape index (κ1) is 10.7. The van der Waals surface area contributed by atoms with E-state index in [9.17, 15) is 9.59 Å². The summed E-state index contributed by atoms with van der Waals surface area (Å²) in [4.78, 5) is 28.3. The molecule has 0 fully saturated rings. The predicted molar refractivity (Wildman–Crippen MR) is 52.7 cm³/mol. The van der Waals surface area contributed by atoms with Gasteiger partial charge >= 0.3 is 0 Å². The number of nitrogens with zero attached hydrogens (tertiary/aromatic N) is 2. The van der Waals surface area contributed by atoms with Crippen LogP contribution in [0.3, 0.4) is 0 Å². The third-order valence-electron chi connectivity index (χ3n) is 2.46. The number of rotatable bonds is 3. The van der Waals surface area contributed by atoms with Crippen LogP contribution in [0.4, 0.5) is 0 Å². The summed E-state index contributed by atoms with van der Waals surface area (Å²) in [6, 6.07) is 2.14. The van der Waals surface area contributed by atoms with Gasteiger partial charge < -0.3 is 10.2 Å². The SMILES string of the molecule is O=C1c2cccnc2C(=O)N1C(CO)CO. The number of hydrogen-bond acceptors (Lipinski definition) is 5. The van der Waals surface area contributed by atoms with Gasteiger partial charge in [0, 0.05) is 6.20 Å². The predicted octanol–water partition coefficient (Wildman–Crippen LogP) is -0.969. The molecule has 0 saturated carbocycles. The average molecular weight is 222 g/mol. The molecular formula is C10H10N2O4. The normalized spacial score (nSPS) is 14.8. The zero-order valence-electron chi connectivity index (χ0n) is 8.33. The number of hydrogen-bond donors (Lipinski definition) is 2. The zero-order chi connectivity index (χ0) is 11.7. The molecule has 2 heterocycles. The smallest absolute Gasteiger partial charge is 0.280 e. The molecule has 1 aromatic rings. The number of carbonyl (C=O) groups is 2. The molecule has 2 N–H and O–H groups in total. The number of aliphatic hydroxyl groups excluding tert-OH is 2. The molecule has 1 aliphatic rings.